The first-order chi connectivity index (χ1) is 4.00. The van der Waals surface area contributed by atoms with Crippen LogP contribution in [0.15, 0.2) is 0 Å². The molecule has 0 aromatic heterocycles. The van der Waals surface area contributed by atoms with Gasteiger partial charge < -0.3 is 20.7 Å². The molecule has 0 saturated heterocycles. The zero-order valence-corrected chi connectivity index (χ0v) is 10.3. The van der Waals surface area contributed by atoms with E-state index in [9.17, 15) is 0 Å². The van der Waals surface area contributed by atoms with Gasteiger partial charge in [-0.25, -0.2) is 0 Å². The fourth-order valence-corrected chi connectivity index (χ4v) is 0. The Morgan fingerprint density at radius 1 is 0.923 bits per heavy atom. The number of hydrogen-bond donors (Lipinski definition) is 3. The van der Waals surface area contributed by atoms with E-state index in [0.717, 1.165) is 0 Å². The molecule has 0 aromatic rings. The van der Waals surface area contributed by atoms with Gasteiger partial charge in [-0.1, -0.05) is 0 Å². The van der Waals surface area contributed by atoms with Gasteiger partial charge in [0.05, 0.1) is 0 Å². The second kappa shape index (κ2) is 10.7. The van der Waals surface area contributed by atoms with Crippen molar-refractivity contribution in [2.45, 2.75) is 0 Å². The van der Waals surface area contributed by atoms with Crippen molar-refractivity contribution in [3.8, 4) is 0 Å². The first-order valence-corrected chi connectivity index (χ1v) is 4.10. The van der Waals surface area contributed by atoms with Crippen LogP contribution in [0.25, 0.3) is 0 Å². The van der Waals surface area contributed by atoms with Gasteiger partial charge >= 0.3 is 40.0 Å². The van der Waals surface area contributed by atoms with Crippen LogP contribution in [0.3, 0.4) is 0 Å². The van der Waals surface area contributed by atoms with Crippen molar-refractivity contribution < 1.29 is 70.1 Å². The second-order valence-electron chi connectivity index (χ2n) is 0.856. The molecule has 0 aliphatic carbocycles. The molecule has 0 saturated carbocycles. The van der Waals surface area contributed by atoms with Gasteiger partial charge in [-0.2, -0.15) is 8.42 Å². The Morgan fingerprint density at radius 3 is 0.923 bits per heavy atom. The molecule has 0 spiro atoms. The van der Waals surface area contributed by atoms with Crippen molar-refractivity contribution in [1.82, 2.24) is 6.15 Å². The van der Waals surface area contributed by atoms with Gasteiger partial charge in [0, 0.05) is 10.4 Å². The first-order valence-electron chi connectivity index (χ1n) is 1.37. The van der Waals surface area contributed by atoms with Crippen molar-refractivity contribution in [3.63, 3.8) is 0 Å². The zero-order valence-electron chi connectivity index (χ0n) is 6.66. The standard InChI is InChI=1S/H3N.Na.2H2O4S.H2O/c;;2*1-5(2,3)4;/h1H3;;2*(H2,1,2,3,4);1H2/q;+1;;;/p-1. The molecule has 0 radical (unpaired) electrons. The monoisotopic (exact) mass is 253 g/mol. The summed E-state index contributed by atoms with van der Waals surface area (Å²) in [6.07, 6.45) is 0. The summed E-state index contributed by atoms with van der Waals surface area (Å²) in [5, 5.41) is 0. The SMILES string of the molecule is O.O=S(=O)(O)O.O=S(=O)([O-])[O-].[NH4+].[Na+]. The van der Waals surface area contributed by atoms with Crippen LogP contribution in [0.5, 0.6) is 0 Å². The summed E-state index contributed by atoms with van der Waals surface area (Å²) in [5.41, 5.74) is 0. The van der Waals surface area contributed by atoms with Crippen LogP contribution in [-0.4, -0.2) is 40.5 Å². The average molecular weight is 253 g/mol. The summed E-state index contributed by atoms with van der Waals surface area (Å²) in [5.74, 6) is 0. The van der Waals surface area contributed by atoms with Crippen LogP contribution in [0.2, 0.25) is 0 Å². The normalized spacial score (nSPS) is 8.92. The average Bonchev–Trinajstić information content (AvgIpc) is 1.12. The fraction of sp³-hybridized carbons (Fsp3) is 0. The van der Waals surface area contributed by atoms with E-state index in [1.807, 2.05) is 0 Å². The van der Waals surface area contributed by atoms with Crippen LogP contribution < -0.4 is 35.7 Å². The van der Waals surface area contributed by atoms with Gasteiger partial charge in [0.15, 0.2) is 0 Å². The number of quaternary nitrogens is 1. The van der Waals surface area contributed by atoms with Crippen LogP contribution in [0.4, 0.5) is 0 Å². The summed E-state index contributed by atoms with van der Waals surface area (Å²) in [6, 6.07) is 0. The third kappa shape index (κ3) is 3300. The smallest absolute Gasteiger partial charge is 0.759 e. The van der Waals surface area contributed by atoms with Crippen molar-refractivity contribution >= 4 is 20.8 Å². The van der Waals surface area contributed by atoms with E-state index in [1.54, 1.807) is 0 Å². The summed E-state index contributed by atoms with van der Waals surface area (Å²) >= 11 is 0. The van der Waals surface area contributed by atoms with E-state index >= 15 is 0 Å². The minimum Gasteiger partial charge on any atom is -0.759 e. The molecule has 0 fully saturated rings. The van der Waals surface area contributed by atoms with Crippen molar-refractivity contribution in [1.29, 1.82) is 0 Å². The minimum absolute atomic E-state index is 0. The molecule has 0 rings (SSSR count). The second-order valence-corrected chi connectivity index (χ2v) is 2.57. The fourth-order valence-electron chi connectivity index (χ4n) is 0. The van der Waals surface area contributed by atoms with Crippen molar-refractivity contribution in [2.24, 2.45) is 0 Å². The van der Waals surface area contributed by atoms with E-state index in [4.69, 9.17) is 35.0 Å². The molecule has 8 N–H and O–H groups in total. The van der Waals surface area contributed by atoms with Gasteiger partial charge in [0.25, 0.3) is 0 Å². The Balaban J connectivity index is -0.0000000267. The van der Waals surface area contributed by atoms with Crippen LogP contribution in [-0.2, 0) is 20.8 Å². The third-order valence-corrected chi connectivity index (χ3v) is 0. The Hall–Kier alpha value is 0.660. The molecule has 0 aliphatic rings. The maximum absolute atomic E-state index is 8.74. The molecule has 0 aromatic carbocycles. The first kappa shape index (κ1) is 29.2. The molecule has 10 nitrogen and oxygen atoms in total. The van der Waals surface area contributed by atoms with E-state index in [0.29, 0.717) is 0 Å². The summed E-state index contributed by atoms with van der Waals surface area (Å²) in [6.45, 7) is 0. The van der Waals surface area contributed by atoms with E-state index in [-0.39, 0.29) is 41.2 Å². The minimum atomic E-state index is -5.17. The summed E-state index contributed by atoms with van der Waals surface area (Å²) in [4.78, 5) is 0. The zero-order chi connectivity index (χ0) is 9.00. The van der Waals surface area contributed by atoms with Gasteiger partial charge in [-0.05, 0) is 0 Å². The van der Waals surface area contributed by atoms with Crippen molar-refractivity contribution in [2.75, 3.05) is 0 Å². The largest absolute Gasteiger partial charge is 1.00 e. The van der Waals surface area contributed by atoms with Crippen LogP contribution in [0.1, 0.15) is 0 Å². The maximum Gasteiger partial charge on any atom is 1.00 e. The van der Waals surface area contributed by atoms with Crippen LogP contribution >= 0.6 is 0 Å². The molecule has 0 atom stereocenters. The van der Waals surface area contributed by atoms with Gasteiger partial charge in [0.1, 0.15) is 0 Å². The van der Waals surface area contributed by atoms with Crippen molar-refractivity contribution in [3.05, 3.63) is 0 Å². The van der Waals surface area contributed by atoms with Gasteiger partial charge in [-0.3, -0.25) is 17.5 Å². The molecular formula is H8NNaO9S2. The molecule has 0 heterocycles. The third-order valence-electron chi connectivity index (χ3n) is 0. The quantitative estimate of drug-likeness (QED) is 0.214. The predicted octanol–water partition coefficient (Wildman–Crippen LogP) is -5.44. The van der Waals surface area contributed by atoms with E-state index in [1.165, 1.54) is 0 Å². The molecule has 80 valence electrons. The predicted molar refractivity (Wildman–Crippen MR) is 34.3 cm³/mol. The Labute approximate surface area is 96.7 Å². The molecule has 0 bridgehead atoms. The Kier molecular flexibility index (Phi) is 24.1. The number of rotatable bonds is 0. The Morgan fingerprint density at radius 2 is 0.923 bits per heavy atom. The number of hydrogen-bond acceptors (Lipinski definition) is 6. The molecule has 13 heavy (non-hydrogen) atoms. The molecule has 0 unspecified atom stereocenters. The topological polar surface area (TPSA) is 223 Å². The summed E-state index contributed by atoms with van der Waals surface area (Å²) in [7, 11) is -9.83. The van der Waals surface area contributed by atoms with E-state index < -0.39 is 20.8 Å². The van der Waals surface area contributed by atoms with Gasteiger partial charge in [0.2, 0.25) is 0 Å². The Bertz CT molecular complexity index is 214. The summed E-state index contributed by atoms with van der Waals surface area (Å²) < 4.78 is 65.7. The maximum atomic E-state index is 8.74. The van der Waals surface area contributed by atoms with Crippen LogP contribution in [0, 0.1) is 0 Å². The molecular weight excluding hydrogens is 245 g/mol. The molecule has 0 aliphatic heterocycles. The molecule has 13 heteroatoms. The van der Waals surface area contributed by atoms with E-state index in [2.05, 4.69) is 0 Å². The molecule has 0 amide bonds. The van der Waals surface area contributed by atoms with Gasteiger partial charge in [-0.15, -0.1) is 0 Å².